The van der Waals surface area contributed by atoms with E-state index in [4.69, 9.17) is 4.74 Å². The summed E-state index contributed by atoms with van der Waals surface area (Å²) in [6, 6.07) is 3.73. The van der Waals surface area contributed by atoms with Crippen LogP contribution in [0.1, 0.15) is 42.7 Å². The third-order valence-corrected chi connectivity index (χ3v) is 3.25. The number of pyridine rings is 1. The molecule has 2 heterocycles. The Morgan fingerprint density at radius 3 is 2.70 bits per heavy atom. The van der Waals surface area contributed by atoms with Crippen molar-refractivity contribution in [2.45, 2.75) is 26.7 Å². The molecule has 0 fully saturated rings. The van der Waals surface area contributed by atoms with E-state index in [1.165, 1.54) is 6.20 Å². The Balaban J connectivity index is 2.49. The molecule has 2 aromatic rings. The van der Waals surface area contributed by atoms with Gasteiger partial charge in [-0.05, 0) is 40.9 Å². The number of carbonyl (C=O) groups excluding carboxylic acids is 1. The predicted octanol–water partition coefficient (Wildman–Crippen LogP) is 3.33. The SMILES string of the molecule is CCOC(=O)c1cnn(-c2ccc(Br)cn2)c1C(C)C. The third kappa shape index (κ3) is 2.90. The largest absolute Gasteiger partial charge is 0.462 e. The summed E-state index contributed by atoms with van der Waals surface area (Å²) in [7, 11) is 0. The maximum absolute atomic E-state index is 12.0. The number of esters is 1. The van der Waals surface area contributed by atoms with Crippen LogP contribution in [0.15, 0.2) is 29.0 Å². The second-order valence-corrected chi connectivity index (χ2v) is 5.48. The molecule has 0 atom stereocenters. The van der Waals surface area contributed by atoms with Gasteiger partial charge in [0.1, 0.15) is 5.56 Å². The molecule has 0 bridgehead atoms. The maximum atomic E-state index is 12.0. The number of ether oxygens (including phenoxy) is 1. The molecule has 0 aromatic carbocycles. The first kappa shape index (κ1) is 14.7. The molecule has 20 heavy (non-hydrogen) atoms. The summed E-state index contributed by atoms with van der Waals surface area (Å²) in [5.41, 5.74) is 1.30. The molecule has 5 nitrogen and oxygen atoms in total. The lowest BCUT2D eigenvalue weighted by Crippen LogP contribution is -2.11. The number of nitrogens with zero attached hydrogens (tertiary/aromatic N) is 3. The molecule has 6 heteroatoms. The van der Waals surface area contributed by atoms with Crippen molar-refractivity contribution in [1.29, 1.82) is 0 Å². The van der Waals surface area contributed by atoms with Crippen molar-refractivity contribution >= 4 is 21.9 Å². The lowest BCUT2D eigenvalue weighted by atomic mass is 10.1. The van der Waals surface area contributed by atoms with Crippen LogP contribution in [0.3, 0.4) is 0 Å². The van der Waals surface area contributed by atoms with E-state index in [0.29, 0.717) is 18.0 Å². The van der Waals surface area contributed by atoms with Gasteiger partial charge in [-0.15, -0.1) is 0 Å². The quantitative estimate of drug-likeness (QED) is 0.803. The summed E-state index contributed by atoms with van der Waals surface area (Å²) in [5.74, 6) is 0.453. The molecule has 2 aromatic heterocycles. The third-order valence-electron chi connectivity index (χ3n) is 2.78. The van der Waals surface area contributed by atoms with Crippen molar-refractivity contribution in [3.63, 3.8) is 0 Å². The minimum atomic E-state index is -0.348. The van der Waals surface area contributed by atoms with E-state index >= 15 is 0 Å². The summed E-state index contributed by atoms with van der Waals surface area (Å²) >= 11 is 3.35. The average Bonchev–Trinajstić information content (AvgIpc) is 2.84. The van der Waals surface area contributed by atoms with Crippen LogP contribution in [0.5, 0.6) is 0 Å². The Labute approximate surface area is 126 Å². The van der Waals surface area contributed by atoms with Crippen LogP contribution >= 0.6 is 15.9 Å². The van der Waals surface area contributed by atoms with Gasteiger partial charge in [-0.1, -0.05) is 13.8 Å². The fraction of sp³-hybridized carbons (Fsp3) is 0.357. The second-order valence-electron chi connectivity index (χ2n) is 4.57. The van der Waals surface area contributed by atoms with E-state index in [-0.39, 0.29) is 11.9 Å². The molecule has 0 spiro atoms. The van der Waals surface area contributed by atoms with E-state index in [1.807, 2.05) is 26.0 Å². The van der Waals surface area contributed by atoms with Gasteiger partial charge in [-0.3, -0.25) is 0 Å². The number of carbonyl (C=O) groups is 1. The molecule has 0 saturated heterocycles. The van der Waals surface area contributed by atoms with Gasteiger partial charge in [-0.2, -0.15) is 5.10 Å². The van der Waals surface area contributed by atoms with Crippen molar-refractivity contribution < 1.29 is 9.53 Å². The molecule has 0 aliphatic heterocycles. The summed E-state index contributed by atoms with van der Waals surface area (Å²) in [4.78, 5) is 16.3. The number of hydrogen-bond donors (Lipinski definition) is 0. The number of halogens is 1. The zero-order valence-corrected chi connectivity index (χ0v) is 13.2. The van der Waals surface area contributed by atoms with E-state index in [9.17, 15) is 4.79 Å². The van der Waals surface area contributed by atoms with Gasteiger partial charge in [0, 0.05) is 10.7 Å². The van der Waals surface area contributed by atoms with Crippen LogP contribution < -0.4 is 0 Å². The normalized spacial score (nSPS) is 10.8. The molecule has 0 saturated carbocycles. The fourth-order valence-corrected chi connectivity index (χ4v) is 2.19. The highest BCUT2D eigenvalue weighted by molar-refractivity contribution is 9.10. The van der Waals surface area contributed by atoms with E-state index in [1.54, 1.807) is 17.8 Å². The second kappa shape index (κ2) is 6.17. The Bertz CT molecular complexity index is 605. The van der Waals surface area contributed by atoms with Gasteiger partial charge in [0.05, 0.1) is 18.5 Å². The van der Waals surface area contributed by atoms with Gasteiger partial charge in [-0.25, -0.2) is 14.5 Å². The van der Waals surface area contributed by atoms with Gasteiger partial charge in [0.15, 0.2) is 5.82 Å². The Kier molecular flexibility index (Phi) is 4.54. The maximum Gasteiger partial charge on any atom is 0.341 e. The molecule has 106 valence electrons. The van der Waals surface area contributed by atoms with Crippen molar-refractivity contribution in [3.8, 4) is 5.82 Å². The van der Waals surface area contributed by atoms with Crippen LogP contribution in [0, 0.1) is 0 Å². The molecule has 0 unspecified atom stereocenters. The first-order valence-corrected chi connectivity index (χ1v) is 7.20. The topological polar surface area (TPSA) is 57.0 Å². The molecule has 0 aliphatic rings. The highest BCUT2D eigenvalue weighted by Crippen LogP contribution is 2.23. The molecule has 0 aliphatic carbocycles. The predicted molar refractivity (Wildman–Crippen MR) is 79.1 cm³/mol. The molecule has 0 amide bonds. The summed E-state index contributed by atoms with van der Waals surface area (Å²) in [6.07, 6.45) is 3.24. The molecule has 0 radical (unpaired) electrons. The van der Waals surface area contributed by atoms with Gasteiger partial charge in [0.25, 0.3) is 0 Å². The van der Waals surface area contributed by atoms with E-state index < -0.39 is 0 Å². The minimum Gasteiger partial charge on any atom is -0.462 e. The standard InChI is InChI=1S/C14H16BrN3O2/c1-4-20-14(19)11-8-17-18(13(11)9(2)3)12-6-5-10(15)7-16-12/h5-9H,4H2,1-3H3. The first-order valence-electron chi connectivity index (χ1n) is 6.41. The van der Waals surface area contributed by atoms with Crippen LogP contribution in [0.4, 0.5) is 0 Å². The highest BCUT2D eigenvalue weighted by atomic mass is 79.9. The van der Waals surface area contributed by atoms with Gasteiger partial charge in [0.2, 0.25) is 0 Å². The lowest BCUT2D eigenvalue weighted by Gasteiger charge is -2.11. The fourth-order valence-electron chi connectivity index (χ4n) is 1.96. The molecule has 2 rings (SSSR count). The summed E-state index contributed by atoms with van der Waals surface area (Å²) in [5, 5.41) is 4.28. The lowest BCUT2D eigenvalue weighted by molar-refractivity contribution is 0.0524. The summed E-state index contributed by atoms with van der Waals surface area (Å²) < 4.78 is 7.64. The van der Waals surface area contributed by atoms with E-state index in [0.717, 1.165) is 10.2 Å². The van der Waals surface area contributed by atoms with Crippen molar-refractivity contribution in [2.24, 2.45) is 0 Å². The number of hydrogen-bond acceptors (Lipinski definition) is 4. The minimum absolute atomic E-state index is 0.127. The van der Waals surface area contributed by atoms with E-state index in [2.05, 4.69) is 26.0 Å². The molecular weight excluding hydrogens is 322 g/mol. The zero-order chi connectivity index (χ0) is 14.7. The highest BCUT2D eigenvalue weighted by Gasteiger charge is 2.22. The Morgan fingerprint density at radius 1 is 1.40 bits per heavy atom. The zero-order valence-electron chi connectivity index (χ0n) is 11.6. The monoisotopic (exact) mass is 337 g/mol. The molecule has 0 N–H and O–H groups in total. The Morgan fingerprint density at radius 2 is 2.15 bits per heavy atom. The summed E-state index contributed by atoms with van der Waals surface area (Å²) in [6.45, 7) is 6.15. The van der Waals surface area contributed by atoms with Crippen LogP contribution in [0.25, 0.3) is 5.82 Å². The van der Waals surface area contributed by atoms with Crippen LogP contribution in [-0.2, 0) is 4.74 Å². The van der Waals surface area contributed by atoms with Crippen molar-refractivity contribution in [3.05, 3.63) is 40.3 Å². The van der Waals surface area contributed by atoms with Gasteiger partial charge >= 0.3 is 5.97 Å². The molecular formula is C14H16BrN3O2. The Hall–Kier alpha value is -1.69. The van der Waals surface area contributed by atoms with Crippen LogP contribution in [-0.4, -0.2) is 27.3 Å². The smallest absolute Gasteiger partial charge is 0.341 e. The van der Waals surface area contributed by atoms with Crippen molar-refractivity contribution in [2.75, 3.05) is 6.61 Å². The van der Waals surface area contributed by atoms with Gasteiger partial charge < -0.3 is 4.74 Å². The van der Waals surface area contributed by atoms with Crippen molar-refractivity contribution in [1.82, 2.24) is 14.8 Å². The average molecular weight is 338 g/mol. The first-order chi connectivity index (χ1) is 9.54. The number of aromatic nitrogens is 3. The van der Waals surface area contributed by atoms with Crippen LogP contribution in [0.2, 0.25) is 0 Å². The number of rotatable bonds is 4.